The highest BCUT2D eigenvalue weighted by Crippen LogP contribution is 2.18. The Morgan fingerprint density at radius 3 is 2.72 bits per heavy atom. The van der Waals surface area contributed by atoms with Gasteiger partial charge in [0.15, 0.2) is 0 Å². The number of fused-ring (bicyclic) bond motifs is 1. The van der Waals surface area contributed by atoms with Crippen molar-refractivity contribution in [2.75, 3.05) is 0 Å². The van der Waals surface area contributed by atoms with Crippen molar-refractivity contribution in [1.29, 1.82) is 0 Å². The summed E-state index contributed by atoms with van der Waals surface area (Å²) >= 11 is 0. The van der Waals surface area contributed by atoms with Crippen LogP contribution >= 0.6 is 0 Å². The van der Waals surface area contributed by atoms with Gasteiger partial charge in [0.2, 0.25) is 0 Å². The van der Waals surface area contributed by atoms with Crippen molar-refractivity contribution in [1.82, 2.24) is 9.78 Å². The number of H-pyrrole nitrogens is 1. The maximum Gasteiger partial charge on any atom is 0.274 e. The number of nitrogens with one attached hydrogen (secondary N) is 1. The SMILES string of the molecule is Cc1ccccc1-n1[nH]c2c(c1=O)CCCCC2. The zero-order valence-electron chi connectivity index (χ0n) is 10.7. The van der Waals surface area contributed by atoms with Crippen LogP contribution in [0.4, 0.5) is 0 Å². The number of aryl methyl sites for hydroxylation is 2. The molecule has 3 heteroatoms. The average molecular weight is 242 g/mol. The van der Waals surface area contributed by atoms with Gasteiger partial charge in [-0.05, 0) is 44.2 Å². The third-order valence-corrected chi connectivity index (χ3v) is 3.78. The summed E-state index contributed by atoms with van der Waals surface area (Å²) in [5.41, 5.74) is 4.37. The fourth-order valence-electron chi connectivity index (χ4n) is 2.75. The maximum absolute atomic E-state index is 12.5. The Hall–Kier alpha value is -1.77. The molecule has 1 aromatic carbocycles. The molecule has 1 aromatic heterocycles. The van der Waals surface area contributed by atoms with Crippen molar-refractivity contribution in [3.63, 3.8) is 0 Å². The predicted octanol–water partition coefficient (Wildman–Crippen LogP) is 2.74. The Balaban J connectivity index is 2.15. The molecule has 18 heavy (non-hydrogen) atoms. The first-order valence-electron chi connectivity index (χ1n) is 6.66. The van der Waals surface area contributed by atoms with Gasteiger partial charge in [0.25, 0.3) is 5.56 Å². The molecule has 3 rings (SSSR count). The van der Waals surface area contributed by atoms with Crippen molar-refractivity contribution in [3.05, 3.63) is 51.4 Å². The topological polar surface area (TPSA) is 37.8 Å². The standard InChI is InChI=1S/C15H18N2O/c1-11-7-5-6-10-14(11)17-15(18)12-8-3-2-4-9-13(12)16-17/h5-7,10,16H,2-4,8-9H2,1H3. The van der Waals surface area contributed by atoms with Gasteiger partial charge < -0.3 is 0 Å². The van der Waals surface area contributed by atoms with Gasteiger partial charge in [-0.3, -0.25) is 9.89 Å². The van der Waals surface area contributed by atoms with Crippen LogP contribution in [0.2, 0.25) is 0 Å². The van der Waals surface area contributed by atoms with Gasteiger partial charge in [-0.2, -0.15) is 0 Å². The number of para-hydroxylation sites is 1. The number of rotatable bonds is 1. The number of aromatic amines is 1. The molecule has 0 unspecified atom stereocenters. The van der Waals surface area contributed by atoms with Gasteiger partial charge >= 0.3 is 0 Å². The summed E-state index contributed by atoms with van der Waals surface area (Å²) in [4.78, 5) is 12.5. The molecule has 3 nitrogen and oxygen atoms in total. The lowest BCUT2D eigenvalue weighted by Gasteiger charge is -2.05. The summed E-state index contributed by atoms with van der Waals surface area (Å²) < 4.78 is 1.71. The van der Waals surface area contributed by atoms with E-state index < -0.39 is 0 Å². The first-order chi connectivity index (χ1) is 8.77. The second-order valence-electron chi connectivity index (χ2n) is 5.06. The molecule has 2 aromatic rings. The van der Waals surface area contributed by atoms with E-state index in [4.69, 9.17) is 0 Å². The second kappa shape index (κ2) is 4.48. The third kappa shape index (κ3) is 1.80. The number of benzene rings is 1. The van der Waals surface area contributed by atoms with Crippen molar-refractivity contribution in [2.24, 2.45) is 0 Å². The summed E-state index contributed by atoms with van der Waals surface area (Å²) in [5.74, 6) is 0. The summed E-state index contributed by atoms with van der Waals surface area (Å²) in [7, 11) is 0. The van der Waals surface area contributed by atoms with Crippen LogP contribution < -0.4 is 5.56 Å². The third-order valence-electron chi connectivity index (χ3n) is 3.78. The zero-order chi connectivity index (χ0) is 12.5. The van der Waals surface area contributed by atoms with E-state index in [1.54, 1.807) is 4.68 Å². The molecule has 0 radical (unpaired) electrons. The minimum absolute atomic E-state index is 0.140. The van der Waals surface area contributed by atoms with Gasteiger partial charge in [0.05, 0.1) is 5.69 Å². The van der Waals surface area contributed by atoms with Gasteiger partial charge in [0.1, 0.15) is 0 Å². The van der Waals surface area contributed by atoms with Gasteiger partial charge in [-0.1, -0.05) is 24.6 Å². The summed E-state index contributed by atoms with van der Waals surface area (Å²) in [5, 5.41) is 3.30. The van der Waals surface area contributed by atoms with Gasteiger partial charge in [0, 0.05) is 11.3 Å². The van der Waals surface area contributed by atoms with Gasteiger partial charge in [-0.15, -0.1) is 0 Å². The van der Waals surface area contributed by atoms with Crippen molar-refractivity contribution in [3.8, 4) is 5.69 Å². The lowest BCUT2D eigenvalue weighted by Crippen LogP contribution is -2.18. The highest BCUT2D eigenvalue weighted by Gasteiger charge is 2.17. The van der Waals surface area contributed by atoms with E-state index in [1.165, 1.54) is 12.8 Å². The van der Waals surface area contributed by atoms with Crippen LogP contribution in [0.3, 0.4) is 0 Å². The molecule has 0 fully saturated rings. The first-order valence-corrected chi connectivity index (χ1v) is 6.66. The van der Waals surface area contributed by atoms with Gasteiger partial charge in [-0.25, -0.2) is 4.68 Å². The minimum Gasteiger partial charge on any atom is -0.295 e. The smallest absolute Gasteiger partial charge is 0.274 e. The zero-order valence-corrected chi connectivity index (χ0v) is 10.7. The minimum atomic E-state index is 0.140. The van der Waals surface area contributed by atoms with E-state index in [2.05, 4.69) is 5.10 Å². The lowest BCUT2D eigenvalue weighted by atomic mass is 10.1. The molecule has 0 saturated carbocycles. The van der Waals surface area contributed by atoms with Crippen LogP contribution in [0.25, 0.3) is 5.69 Å². The molecule has 94 valence electrons. The molecule has 0 amide bonds. The van der Waals surface area contributed by atoms with Crippen LogP contribution in [0.5, 0.6) is 0 Å². The van der Waals surface area contributed by atoms with Crippen molar-refractivity contribution in [2.45, 2.75) is 39.0 Å². The molecule has 1 heterocycles. The molecule has 0 spiro atoms. The Morgan fingerprint density at radius 2 is 1.89 bits per heavy atom. The monoisotopic (exact) mass is 242 g/mol. The number of nitrogens with zero attached hydrogens (tertiary/aromatic N) is 1. The fourth-order valence-corrected chi connectivity index (χ4v) is 2.75. The summed E-state index contributed by atoms with van der Waals surface area (Å²) in [6, 6.07) is 8.00. The lowest BCUT2D eigenvalue weighted by molar-refractivity contribution is 0.689. The maximum atomic E-state index is 12.5. The fraction of sp³-hybridized carbons (Fsp3) is 0.400. The van der Waals surface area contributed by atoms with E-state index in [0.29, 0.717) is 0 Å². The normalized spacial score (nSPS) is 15.2. The van der Waals surface area contributed by atoms with Crippen LogP contribution in [0, 0.1) is 6.92 Å². The number of hydrogen-bond acceptors (Lipinski definition) is 1. The molecule has 0 saturated heterocycles. The number of hydrogen-bond donors (Lipinski definition) is 1. The van der Waals surface area contributed by atoms with Crippen LogP contribution in [-0.2, 0) is 12.8 Å². The first kappa shape index (κ1) is 11.3. The highest BCUT2D eigenvalue weighted by molar-refractivity contribution is 5.40. The molecular formula is C15H18N2O. The molecule has 0 aliphatic heterocycles. The number of aromatic nitrogens is 2. The Bertz CT molecular complexity index is 622. The molecule has 0 atom stereocenters. The van der Waals surface area contributed by atoms with Crippen LogP contribution in [0.1, 0.15) is 36.1 Å². The van der Waals surface area contributed by atoms with E-state index in [-0.39, 0.29) is 5.56 Å². The molecule has 0 bridgehead atoms. The van der Waals surface area contributed by atoms with Crippen LogP contribution in [-0.4, -0.2) is 9.78 Å². The molecule has 1 aliphatic carbocycles. The molecule has 1 N–H and O–H groups in total. The average Bonchev–Trinajstić information content (AvgIpc) is 2.56. The van der Waals surface area contributed by atoms with Crippen molar-refractivity contribution >= 4 is 0 Å². The quantitative estimate of drug-likeness (QED) is 0.767. The Morgan fingerprint density at radius 1 is 1.11 bits per heavy atom. The second-order valence-corrected chi connectivity index (χ2v) is 5.06. The summed E-state index contributed by atoms with van der Waals surface area (Å²) in [6.07, 6.45) is 5.47. The van der Waals surface area contributed by atoms with E-state index in [1.807, 2.05) is 31.2 Å². The largest absolute Gasteiger partial charge is 0.295 e. The Labute approximate surface area is 106 Å². The predicted molar refractivity (Wildman–Crippen MR) is 72.4 cm³/mol. The highest BCUT2D eigenvalue weighted by atomic mass is 16.1. The van der Waals surface area contributed by atoms with E-state index in [0.717, 1.165) is 41.8 Å². The van der Waals surface area contributed by atoms with E-state index >= 15 is 0 Å². The molecular weight excluding hydrogens is 224 g/mol. The summed E-state index contributed by atoms with van der Waals surface area (Å²) in [6.45, 7) is 2.04. The van der Waals surface area contributed by atoms with Crippen molar-refractivity contribution < 1.29 is 0 Å². The van der Waals surface area contributed by atoms with Crippen LogP contribution in [0.15, 0.2) is 29.1 Å². The Kier molecular flexibility index (Phi) is 2.82. The molecule has 1 aliphatic rings. The van der Waals surface area contributed by atoms with E-state index in [9.17, 15) is 4.79 Å².